The Morgan fingerprint density at radius 2 is 1.00 bits per heavy atom. The summed E-state index contributed by atoms with van der Waals surface area (Å²) >= 11 is 0. The largest absolute Gasteiger partial charge is 0.0593 e. The predicted molar refractivity (Wildman–Crippen MR) is 99.5 cm³/mol. The molecule has 0 aromatic heterocycles. The molecule has 0 amide bonds. The van der Waals surface area contributed by atoms with Gasteiger partial charge < -0.3 is 0 Å². The molecule has 4 fully saturated rings. The number of hydrogen-bond acceptors (Lipinski definition) is 0. The number of rotatable bonds is 2. The summed E-state index contributed by atoms with van der Waals surface area (Å²) < 4.78 is 0. The molecular weight excluding hydrogens is 276 g/mol. The predicted octanol–water partition coefficient (Wildman–Crippen LogP) is 7.51. The van der Waals surface area contributed by atoms with E-state index in [2.05, 4.69) is 13.8 Å². The standard InChI is InChI=1S/C23H40/c1-21(2,19-11-5-6-12-19)20-22(13-7-3-8-14-22)17-18-23(20)15-9-4-10-16-23/h19-20H,3-18H2,1-2H3. The van der Waals surface area contributed by atoms with Gasteiger partial charge in [-0.3, -0.25) is 0 Å². The van der Waals surface area contributed by atoms with Crippen molar-refractivity contribution in [3.05, 3.63) is 0 Å². The highest BCUT2D eigenvalue weighted by Crippen LogP contribution is 2.71. The van der Waals surface area contributed by atoms with E-state index in [0.717, 1.165) is 22.7 Å². The van der Waals surface area contributed by atoms with Gasteiger partial charge in [0.15, 0.2) is 0 Å². The molecule has 0 bridgehead atoms. The summed E-state index contributed by atoms with van der Waals surface area (Å²) in [5, 5.41) is 0. The molecular formula is C23H40. The lowest BCUT2D eigenvalue weighted by Crippen LogP contribution is -2.49. The smallest absolute Gasteiger partial charge is 0.0247 e. The second kappa shape index (κ2) is 6.06. The second-order valence-electron chi connectivity index (χ2n) is 10.6. The first-order valence-electron chi connectivity index (χ1n) is 11.1. The van der Waals surface area contributed by atoms with Gasteiger partial charge in [0.2, 0.25) is 0 Å². The molecule has 0 N–H and O–H groups in total. The zero-order valence-electron chi connectivity index (χ0n) is 16.0. The molecule has 2 spiro atoms. The Kier molecular flexibility index (Phi) is 4.34. The maximum absolute atomic E-state index is 2.73. The molecule has 0 unspecified atom stereocenters. The molecule has 132 valence electrons. The average molecular weight is 317 g/mol. The van der Waals surface area contributed by atoms with Gasteiger partial charge in [-0.1, -0.05) is 65.2 Å². The third-order valence-electron chi connectivity index (χ3n) is 9.20. The second-order valence-corrected chi connectivity index (χ2v) is 10.6. The molecule has 0 aliphatic heterocycles. The average Bonchev–Trinajstić information content (AvgIpc) is 3.18. The van der Waals surface area contributed by atoms with Gasteiger partial charge in [0.05, 0.1) is 0 Å². The molecule has 0 atom stereocenters. The van der Waals surface area contributed by atoms with Gasteiger partial charge in [0, 0.05) is 0 Å². The quantitative estimate of drug-likeness (QED) is 0.494. The zero-order valence-corrected chi connectivity index (χ0v) is 16.0. The van der Waals surface area contributed by atoms with Crippen molar-refractivity contribution in [2.75, 3.05) is 0 Å². The summed E-state index contributed by atoms with van der Waals surface area (Å²) in [5.74, 6) is 2.08. The van der Waals surface area contributed by atoms with E-state index in [0.29, 0.717) is 5.41 Å². The maximum atomic E-state index is 2.73. The van der Waals surface area contributed by atoms with Gasteiger partial charge in [-0.2, -0.15) is 0 Å². The summed E-state index contributed by atoms with van der Waals surface area (Å²) in [6.07, 6.45) is 24.8. The van der Waals surface area contributed by atoms with Crippen LogP contribution >= 0.6 is 0 Å². The highest BCUT2D eigenvalue weighted by molar-refractivity contribution is 5.11. The van der Waals surface area contributed by atoms with E-state index in [4.69, 9.17) is 0 Å². The summed E-state index contributed by atoms with van der Waals surface area (Å²) in [5.41, 5.74) is 2.10. The van der Waals surface area contributed by atoms with Crippen LogP contribution in [0, 0.1) is 28.1 Å². The summed E-state index contributed by atoms with van der Waals surface area (Å²) in [7, 11) is 0. The van der Waals surface area contributed by atoms with Crippen LogP contribution in [0.4, 0.5) is 0 Å². The van der Waals surface area contributed by atoms with Crippen LogP contribution in [0.25, 0.3) is 0 Å². The third-order valence-corrected chi connectivity index (χ3v) is 9.20. The monoisotopic (exact) mass is 316 g/mol. The van der Waals surface area contributed by atoms with E-state index in [9.17, 15) is 0 Å². The fourth-order valence-electron chi connectivity index (χ4n) is 8.51. The van der Waals surface area contributed by atoms with Crippen LogP contribution < -0.4 is 0 Å². The van der Waals surface area contributed by atoms with Crippen LogP contribution in [0.1, 0.15) is 117 Å². The number of hydrogen-bond donors (Lipinski definition) is 0. The Morgan fingerprint density at radius 1 is 0.565 bits per heavy atom. The van der Waals surface area contributed by atoms with Crippen molar-refractivity contribution in [3.63, 3.8) is 0 Å². The maximum Gasteiger partial charge on any atom is -0.0247 e. The van der Waals surface area contributed by atoms with Crippen LogP contribution in [-0.2, 0) is 0 Å². The van der Waals surface area contributed by atoms with Gasteiger partial charge in [-0.05, 0) is 79.4 Å². The fourth-order valence-corrected chi connectivity index (χ4v) is 8.51. The molecule has 4 rings (SSSR count). The third kappa shape index (κ3) is 2.62. The SMILES string of the molecule is CC(C)(C1CCCC1)C1C2(CCCCC2)CCC12CCCCC2. The van der Waals surface area contributed by atoms with E-state index in [1.807, 2.05) is 0 Å². The normalized spacial score (nSPS) is 32.1. The Hall–Kier alpha value is 0. The first-order chi connectivity index (χ1) is 11.1. The van der Waals surface area contributed by atoms with Crippen LogP contribution in [0.5, 0.6) is 0 Å². The minimum atomic E-state index is 0.599. The van der Waals surface area contributed by atoms with Gasteiger partial charge in [-0.25, -0.2) is 0 Å². The van der Waals surface area contributed by atoms with Crippen molar-refractivity contribution >= 4 is 0 Å². The summed E-state index contributed by atoms with van der Waals surface area (Å²) in [6, 6.07) is 0. The molecule has 0 aromatic carbocycles. The molecule has 0 nitrogen and oxygen atoms in total. The van der Waals surface area contributed by atoms with Crippen molar-refractivity contribution in [2.24, 2.45) is 28.1 Å². The molecule has 0 radical (unpaired) electrons. The molecule has 4 saturated carbocycles. The first-order valence-corrected chi connectivity index (χ1v) is 11.1. The highest BCUT2D eigenvalue weighted by atomic mass is 14.7. The van der Waals surface area contributed by atoms with Gasteiger partial charge in [0.25, 0.3) is 0 Å². The van der Waals surface area contributed by atoms with Crippen molar-refractivity contribution in [2.45, 2.75) is 117 Å². The molecule has 0 heterocycles. The van der Waals surface area contributed by atoms with Gasteiger partial charge in [0.1, 0.15) is 0 Å². The molecule has 4 aliphatic carbocycles. The first kappa shape index (κ1) is 16.5. The lowest BCUT2D eigenvalue weighted by atomic mass is 9.48. The Bertz CT molecular complexity index is 374. The van der Waals surface area contributed by atoms with Gasteiger partial charge in [-0.15, -0.1) is 0 Å². The molecule has 0 aromatic rings. The van der Waals surface area contributed by atoms with Crippen LogP contribution in [-0.4, -0.2) is 0 Å². The van der Waals surface area contributed by atoms with E-state index >= 15 is 0 Å². The molecule has 23 heavy (non-hydrogen) atoms. The van der Waals surface area contributed by atoms with Crippen molar-refractivity contribution < 1.29 is 0 Å². The molecule has 4 aliphatic rings. The fraction of sp³-hybridized carbons (Fsp3) is 1.00. The van der Waals surface area contributed by atoms with E-state index < -0.39 is 0 Å². The van der Waals surface area contributed by atoms with Crippen LogP contribution in [0.3, 0.4) is 0 Å². The van der Waals surface area contributed by atoms with E-state index in [-0.39, 0.29) is 0 Å². The van der Waals surface area contributed by atoms with Gasteiger partial charge >= 0.3 is 0 Å². The van der Waals surface area contributed by atoms with Crippen LogP contribution in [0.2, 0.25) is 0 Å². The lowest BCUT2D eigenvalue weighted by Gasteiger charge is -2.56. The minimum Gasteiger partial charge on any atom is -0.0593 e. The Labute approximate surface area is 145 Å². The van der Waals surface area contributed by atoms with Crippen LogP contribution in [0.15, 0.2) is 0 Å². The molecule has 0 saturated heterocycles. The van der Waals surface area contributed by atoms with Crippen molar-refractivity contribution in [1.29, 1.82) is 0 Å². The summed E-state index contributed by atoms with van der Waals surface area (Å²) in [4.78, 5) is 0. The van der Waals surface area contributed by atoms with Crippen molar-refractivity contribution in [1.82, 2.24) is 0 Å². The Balaban J connectivity index is 1.71. The van der Waals surface area contributed by atoms with Crippen molar-refractivity contribution in [3.8, 4) is 0 Å². The highest BCUT2D eigenvalue weighted by Gasteiger charge is 2.62. The van der Waals surface area contributed by atoms with E-state index in [1.165, 1.54) is 64.2 Å². The zero-order chi connectivity index (χ0) is 16.0. The topological polar surface area (TPSA) is 0 Å². The lowest BCUT2D eigenvalue weighted by molar-refractivity contribution is -0.0726. The molecule has 0 heteroatoms. The summed E-state index contributed by atoms with van der Waals surface area (Å²) in [6.45, 7) is 5.46. The van der Waals surface area contributed by atoms with E-state index in [1.54, 1.807) is 38.5 Å². The Morgan fingerprint density at radius 3 is 1.43 bits per heavy atom. The minimum absolute atomic E-state index is 0.599.